The summed E-state index contributed by atoms with van der Waals surface area (Å²) in [7, 11) is 0. The van der Waals surface area contributed by atoms with Gasteiger partial charge in [0.05, 0.1) is 18.8 Å². The van der Waals surface area contributed by atoms with Crippen LogP contribution in [0.25, 0.3) is 0 Å². The Kier molecular flexibility index (Phi) is 6.59. The van der Waals surface area contributed by atoms with Gasteiger partial charge in [0.25, 0.3) is 5.91 Å². The number of halogens is 1. The van der Waals surface area contributed by atoms with Gasteiger partial charge < -0.3 is 19.3 Å². The van der Waals surface area contributed by atoms with Crippen molar-refractivity contribution in [1.29, 1.82) is 0 Å². The lowest BCUT2D eigenvalue weighted by Gasteiger charge is -2.26. The minimum Gasteiger partial charge on any atom is -0.486 e. The fraction of sp³-hybridized carbons (Fsp3) is 0.304. The molecule has 0 spiro atoms. The topological polar surface area (TPSA) is 76.8 Å². The molecular weight excluding hydrogens is 401 g/mol. The molecule has 2 heterocycles. The largest absolute Gasteiger partial charge is 0.486 e. The molecule has 1 amide bonds. The number of para-hydroxylation sites is 1. The summed E-state index contributed by atoms with van der Waals surface area (Å²) in [6.45, 7) is 5.69. The van der Waals surface area contributed by atoms with Crippen molar-refractivity contribution in [3.63, 3.8) is 0 Å². The number of aryl methyl sites for hydroxylation is 1. The van der Waals surface area contributed by atoms with Gasteiger partial charge in [0.2, 0.25) is 0 Å². The van der Waals surface area contributed by atoms with Crippen molar-refractivity contribution < 1.29 is 23.2 Å². The number of anilines is 1. The molecule has 0 saturated carbocycles. The smallest absolute Gasteiger partial charge is 0.278 e. The third-order valence-electron chi connectivity index (χ3n) is 5.10. The number of aromatic nitrogens is 1. The van der Waals surface area contributed by atoms with E-state index in [0.717, 1.165) is 38.4 Å². The molecule has 0 bridgehead atoms. The summed E-state index contributed by atoms with van der Waals surface area (Å²) >= 11 is 0. The maximum atomic E-state index is 13.8. The van der Waals surface area contributed by atoms with E-state index < -0.39 is 11.7 Å². The second-order valence-corrected chi connectivity index (χ2v) is 7.33. The van der Waals surface area contributed by atoms with Gasteiger partial charge in [-0.3, -0.25) is 9.69 Å². The number of ether oxygens (including phenoxy) is 2. The highest BCUT2D eigenvalue weighted by molar-refractivity contribution is 6.03. The molecule has 4 rings (SSSR count). The molecule has 0 unspecified atom stereocenters. The van der Waals surface area contributed by atoms with Crippen LogP contribution < -0.4 is 10.1 Å². The summed E-state index contributed by atoms with van der Waals surface area (Å²) in [6, 6.07) is 13.8. The molecule has 3 aromatic rings. The number of carbonyl (C=O) groups excluding carboxylic acids is 1. The van der Waals surface area contributed by atoms with Crippen molar-refractivity contribution in [2.75, 3.05) is 31.6 Å². The summed E-state index contributed by atoms with van der Waals surface area (Å²) in [5.41, 5.74) is 2.36. The van der Waals surface area contributed by atoms with Gasteiger partial charge in [-0.1, -0.05) is 29.4 Å². The highest BCUT2D eigenvalue weighted by Gasteiger charge is 2.21. The summed E-state index contributed by atoms with van der Waals surface area (Å²) in [4.78, 5) is 15.1. The molecule has 0 aliphatic carbocycles. The summed E-state index contributed by atoms with van der Waals surface area (Å²) in [5, 5.41) is 6.74. The van der Waals surface area contributed by atoms with Crippen LogP contribution in [-0.2, 0) is 17.9 Å². The molecule has 1 N–H and O–H groups in total. The summed E-state index contributed by atoms with van der Waals surface area (Å²) in [6.07, 6.45) is 0. The third kappa shape index (κ3) is 5.28. The highest BCUT2D eigenvalue weighted by atomic mass is 19.1. The van der Waals surface area contributed by atoms with Gasteiger partial charge in [0, 0.05) is 25.3 Å². The van der Waals surface area contributed by atoms with Gasteiger partial charge in [0.15, 0.2) is 17.3 Å². The second kappa shape index (κ2) is 9.72. The molecule has 162 valence electrons. The van der Waals surface area contributed by atoms with Crippen molar-refractivity contribution in [2.24, 2.45) is 0 Å². The Hall–Kier alpha value is -3.23. The van der Waals surface area contributed by atoms with Crippen LogP contribution in [0.1, 0.15) is 27.4 Å². The number of benzene rings is 2. The van der Waals surface area contributed by atoms with Crippen molar-refractivity contribution in [1.82, 2.24) is 10.1 Å². The standard InChI is InChI=1S/C23H24FN3O4/c1-16-19(15-30-21-8-3-2-7-20(21)24)22(26-31-16)23(28)25-18-6-4-5-17(13-18)14-27-9-11-29-12-10-27/h2-8,13H,9-12,14-15H2,1H3,(H,25,28). The van der Waals surface area contributed by atoms with Gasteiger partial charge in [-0.15, -0.1) is 0 Å². The van der Waals surface area contributed by atoms with E-state index in [4.69, 9.17) is 14.0 Å². The molecule has 1 aliphatic rings. The second-order valence-electron chi connectivity index (χ2n) is 7.33. The van der Waals surface area contributed by atoms with Crippen LogP contribution in [0.2, 0.25) is 0 Å². The fourth-order valence-electron chi connectivity index (χ4n) is 3.41. The van der Waals surface area contributed by atoms with E-state index >= 15 is 0 Å². The van der Waals surface area contributed by atoms with Crippen LogP contribution in [0.3, 0.4) is 0 Å². The third-order valence-corrected chi connectivity index (χ3v) is 5.10. The first-order valence-corrected chi connectivity index (χ1v) is 10.1. The van der Waals surface area contributed by atoms with Crippen molar-refractivity contribution >= 4 is 11.6 Å². The Balaban J connectivity index is 1.43. The zero-order valence-corrected chi connectivity index (χ0v) is 17.3. The maximum Gasteiger partial charge on any atom is 0.278 e. The van der Waals surface area contributed by atoms with E-state index in [1.807, 2.05) is 24.3 Å². The zero-order valence-electron chi connectivity index (χ0n) is 17.3. The first kappa shape index (κ1) is 21.0. The number of hydrogen-bond donors (Lipinski definition) is 1. The lowest BCUT2D eigenvalue weighted by Crippen LogP contribution is -2.35. The molecule has 8 heteroatoms. The Bertz CT molecular complexity index is 1050. The summed E-state index contributed by atoms with van der Waals surface area (Å²) in [5.74, 6) is -0.333. The number of hydrogen-bond acceptors (Lipinski definition) is 6. The molecule has 7 nitrogen and oxygen atoms in total. The zero-order chi connectivity index (χ0) is 21.6. The Morgan fingerprint density at radius 1 is 1.19 bits per heavy atom. The Labute approximate surface area is 179 Å². The molecule has 2 aromatic carbocycles. The van der Waals surface area contributed by atoms with Gasteiger partial charge in [-0.05, 0) is 36.8 Å². The average molecular weight is 425 g/mol. The molecule has 31 heavy (non-hydrogen) atoms. The van der Waals surface area contributed by atoms with E-state index in [1.165, 1.54) is 12.1 Å². The minimum absolute atomic E-state index is 0.0317. The molecule has 1 fully saturated rings. The number of rotatable bonds is 7. The van der Waals surface area contributed by atoms with E-state index in [9.17, 15) is 9.18 Å². The van der Waals surface area contributed by atoms with Crippen LogP contribution in [-0.4, -0.2) is 42.3 Å². The highest BCUT2D eigenvalue weighted by Crippen LogP contribution is 2.21. The normalized spacial score (nSPS) is 14.4. The lowest BCUT2D eigenvalue weighted by molar-refractivity contribution is 0.0342. The van der Waals surface area contributed by atoms with E-state index in [2.05, 4.69) is 15.4 Å². The number of amides is 1. The van der Waals surface area contributed by atoms with Crippen LogP contribution in [0, 0.1) is 12.7 Å². The first-order valence-electron chi connectivity index (χ1n) is 10.1. The number of carbonyl (C=O) groups is 1. The Morgan fingerprint density at radius 2 is 2.00 bits per heavy atom. The monoisotopic (exact) mass is 425 g/mol. The fourth-order valence-corrected chi connectivity index (χ4v) is 3.41. The maximum absolute atomic E-state index is 13.8. The van der Waals surface area contributed by atoms with Crippen molar-refractivity contribution in [3.8, 4) is 5.75 Å². The SMILES string of the molecule is Cc1onc(C(=O)Nc2cccc(CN3CCOCC3)c2)c1COc1ccccc1F. The number of morpholine rings is 1. The molecule has 1 aromatic heterocycles. The number of nitrogens with one attached hydrogen (secondary N) is 1. The molecule has 0 radical (unpaired) electrons. The van der Waals surface area contributed by atoms with Crippen molar-refractivity contribution in [3.05, 3.63) is 76.9 Å². The molecule has 0 atom stereocenters. The van der Waals surface area contributed by atoms with Crippen LogP contribution in [0.15, 0.2) is 53.1 Å². The van der Waals surface area contributed by atoms with Crippen LogP contribution in [0.5, 0.6) is 5.75 Å². The van der Waals surface area contributed by atoms with Gasteiger partial charge in [-0.2, -0.15) is 0 Å². The predicted molar refractivity (Wildman–Crippen MR) is 112 cm³/mol. The Morgan fingerprint density at radius 3 is 2.81 bits per heavy atom. The molecule has 1 saturated heterocycles. The van der Waals surface area contributed by atoms with Gasteiger partial charge in [0.1, 0.15) is 12.4 Å². The molecule has 1 aliphatic heterocycles. The van der Waals surface area contributed by atoms with E-state index in [1.54, 1.807) is 19.1 Å². The van der Waals surface area contributed by atoms with E-state index in [-0.39, 0.29) is 18.1 Å². The van der Waals surface area contributed by atoms with Crippen LogP contribution in [0.4, 0.5) is 10.1 Å². The summed E-state index contributed by atoms with van der Waals surface area (Å²) < 4.78 is 29.9. The quantitative estimate of drug-likeness (QED) is 0.621. The van der Waals surface area contributed by atoms with Gasteiger partial charge >= 0.3 is 0 Å². The van der Waals surface area contributed by atoms with Crippen molar-refractivity contribution in [2.45, 2.75) is 20.1 Å². The minimum atomic E-state index is -0.473. The van der Waals surface area contributed by atoms with Gasteiger partial charge in [-0.25, -0.2) is 4.39 Å². The number of nitrogens with zero attached hydrogens (tertiary/aromatic N) is 2. The average Bonchev–Trinajstić information content (AvgIpc) is 3.15. The predicted octanol–water partition coefficient (Wildman–Crippen LogP) is 3.79. The lowest BCUT2D eigenvalue weighted by atomic mass is 10.1. The van der Waals surface area contributed by atoms with Crippen LogP contribution >= 0.6 is 0 Å². The first-order chi connectivity index (χ1) is 15.1. The van der Waals surface area contributed by atoms with E-state index in [0.29, 0.717) is 17.0 Å². The molecular formula is C23H24FN3O4.